The van der Waals surface area contributed by atoms with E-state index in [4.69, 9.17) is 9.47 Å². The molecular weight excluding hydrogens is 384 g/mol. The van der Waals surface area contributed by atoms with Crippen LogP contribution in [0.3, 0.4) is 0 Å². The van der Waals surface area contributed by atoms with E-state index in [-0.39, 0.29) is 12.5 Å². The van der Waals surface area contributed by atoms with Crippen molar-refractivity contribution in [3.63, 3.8) is 0 Å². The Labute approximate surface area is 177 Å². The number of methoxy groups -OCH3 is 1. The smallest absolute Gasteiger partial charge is 0.257 e. The van der Waals surface area contributed by atoms with Gasteiger partial charge in [-0.05, 0) is 61.4 Å². The molecule has 156 valence electrons. The van der Waals surface area contributed by atoms with Crippen LogP contribution in [0.25, 0.3) is 0 Å². The van der Waals surface area contributed by atoms with Crippen LogP contribution in [-0.4, -0.2) is 50.4 Å². The molecule has 0 spiro atoms. The standard InChI is InChI=1S/C23H30N2O3S/c1-27-21-7-3-4-8-22(21)28-17-23(26)24-14-19-6-5-13-25(16-19)15-18-9-11-20(29-2)12-10-18/h3-4,7-12,19H,5-6,13-17H2,1-2H3,(H,24,26)/t19-/m1/s1. The number of piperidine rings is 1. The Morgan fingerprint density at radius 2 is 1.93 bits per heavy atom. The minimum atomic E-state index is -0.0966. The Morgan fingerprint density at radius 3 is 2.66 bits per heavy atom. The third-order valence-electron chi connectivity index (χ3n) is 5.18. The fraction of sp³-hybridized carbons (Fsp3) is 0.435. The van der Waals surface area contributed by atoms with Gasteiger partial charge in [0.1, 0.15) is 0 Å². The van der Waals surface area contributed by atoms with Crippen LogP contribution in [0.15, 0.2) is 53.4 Å². The summed E-state index contributed by atoms with van der Waals surface area (Å²) in [4.78, 5) is 16.0. The number of carbonyl (C=O) groups is 1. The number of likely N-dealkylation sites (tertiary alicyclic amines) is 1. The maximum atomic E-state index is 12.2. The quantitative estimate of drug-likeness (QED) is 0.632. The summed E-state index contributed by atoms with van der Waals surface area (Å²) in [7, 11) is 1.59. The molecule has 0 unspecified atom stereocenters. The average molecular weight is 415 g/mol. The van der Waals surface area contributed by atoms with Gasteiger partial charge in [0.2, 0.25) is 0 Å². The molecule has 1 atom stereocenters. The summed E-state index contributed by atoms with van der Waals surface area (Å²) in [6.45, 7) is 3.79. The first-order valence-corrected chi connectivity index (χ1v) is 11.3. The van der Waals surface area contributed by atoms with E-state index in [1.54, 1.807) is 24.9 Å². The van der Waals surface area contributed by atoms with Gasteiger partial charge in [0.05, 0.1) is 7.11 Å². The molecule has 1 heterocycles. The SMILES string of the molecule is COc1ccccc1OCC(=O)NC[C@H]1CCCN(Cc2ccc(SC)cc2)C1. The van der Waals surface area contributed by atoms with Crippen molar-refractivity contribution in [1.82, 2.24) is 10.2 Å². The molecule has 0 aliphatic carbocycles. The predicted molar refractivity (Wildman–Crippen MR) is 118 cm³/mol. The molecule has 1 fully saturated rings. The van der Waals surface area contributed by atoms with E-state index in [0.29, 0.717) is 24.0 Å². The van der Waals surface area contributed by atoms with Gasteiger partial charge in [0.15, 0.2) is 18.1 Å². The van der Waals surface area contributed by atoms with Gasteiger partial charge >= 0.3 is 0 Å². The number of thioether (sulfide) groups is 1. The van der Waals surface area contributed by atoms with Gasteiger partial charge in [-0.25, -0.2) is 0 Å². The Kier molecular flexibility index (Phi) is 8.25. The minimum Gasteiger partial charge on any atom is -0.493 e. The summed E-state index contributed by atoms with van der Waals surface area (Å²) in [6, 6.07) is 16.2. The lowest BCUT2D eigenvalue weighted by molar-refractivity contribution is -0.123. The first kappa shape index (κ1) is 21.5. The summed E-state index contributed by atoms with van der Waals surface area (Å²) in [5.41, 5.74) is 1.35. The zero-order chi connectivity index (χ0) is 20.5. The van der Waals surface area contributed by atoms with E-state index >= 15 is 0 Å². The van der Waals surface area contributed by atoms with E-state index < -0.39 is 0 Å². The lowest BCUT2D eigenvalue weighted by Gasteiger charge is -2.32. The number of hydrogen-bond donors (Lipinski definition) is 1. The van der Waals surface area contributed by atoms with Crippen molar-refractivity contribution < 1.29 is 14.3 Å². The summed E-state index contributed by atoms with van der Waals surface area (Å²) in [5, 5.41) is 3.03. The topological polar surface area (TPSA) is 50.8 Å². The molecular formula is C23H30N2O3S. The van der Waals surface area contributed by atoms with Gasteiger partial charge in [-0.3, -0.25) is 9.69 Å². The maximum absolute atomic E-state index is 12.2. The highest BCUT2D eigenvalue weighted by molar-refractivity contribution is 7.98. The predicted octanol–water partition coefficient (Wildman–Crippen LogP) is 3.82. The summed E-state index contributed by atoms with van der Waals surface area (Å²) in [6.07, 6.45) is 4.41. The van der Waals surface area contributed by atoms with Crippen LogP contribution < -0.4 is 14.8 Å². The number of ether oxygens (including phenoxy) is 2. The Hall–Kier alpha value is -2.18. The third-order valence-corrected chi connectivity index (χ3v) is 5.93. The van der Waals surface area contributed by atoms with Crippen LogP contribution in [0.4, 0.5) is 0 Å². The molecule has 6 heteroatoms. The zero-order valence-corrected chi connectivity index (χ0v) is 18.0. The average Bonchev–Trinajstić information content (AvgIpc) is 2.77. The normalized spacial score (nSPS) is 17.0. The second-order valence-corrected chi connectivity index (χ2v) is 8.21. The Balaban J connectivity index is 1.41. The number of nitrogens with zero attached hydrogens (tertiary/aromatic N) is 1. The highest BCUT2D eigenvalue weighted by atomic mass is 32.2. The van der Waals surface area contributed by atoms with Crippen LogP contribution in [0.1, 0.15) is 18.4 Å². The van der Waals surface area contributed by atoms with E-state index in [2.05, 4.69) is 40.7 Å². The molecule has 1 aliphatic rings. The van der Waals surface area contributed by atoms with E-state index in [1.807, 2.05) is 18.2 Å². The second-order valence-electron chi connectivity index (χ2n) is 7.34. The number of rotatable bonds is 9. The molecule has 5 nitrogen and oxygen atoms in total. The monoisotopic (exact) mass is 414 g/mol. The van der Waals surface area contributed by atoms with Crippen molar-refractivity contribution in [2.45, 2.75) is 24.3 Å². The molecule has 0 saturated carbocycles. The second kappa shape index (κ2) is 11.1. The van der Waals surface area contributed by atoms with E-state index in [9.17, 15) is 4.79 Å². The molecule has 0 aromatic heterocycles. The summed E-state index contributed by atoms with van der Waals surface area (Å²) >= 11 is 1.77. The van der Waals surface area contributed by atoms with Gasteiger partial charge in [0, 0.05) is 24.5 Å². The minimum absolute atomic E-state index is 0.00139. The first-order valence-electron chi connectivity index (χ1n) is 10.1. The molecule has 2 aromatic carbocycles. The fourth-order valence-electron chi connectivity index (χ4n) is 3.64. The molecule has 1 N–H and O–H groups in total. The molecule has 0 radical (unpaired) electrons. The van der Waals surface area contributed by atoms with Gasteiger partial charge < -0.3 is 14.8 Å². The van der Waals surface area contributed by atoms with Crippen molar-refractivity contribution in [3.05, 3.63) is 54.1 Å². The maximum Gasteiger partial charge on any atom is 0.257 e. The van der Waals surface area contributed by atoms with Crippen LogP contribution in [0.2, 0.25) is 0 Å². The number of amides is 1. The van der Waals surface area contributed by atoms with Crippen molar-refractivity contribution in [1.29, 1.82) is 0 Å². The highest BCUT2D eigenvalue weighted by Gasteiger charge is 2.20. The van der Waals surface area contributed by atoms with Gasteiger partial charge in [-0.2, -0.15) is 0 Å². The van der Waals surface area contributed by atoms with Crippen molar-refractivity contribution in [3.8, 4) is 11.5 Å². The fourth-order valence-corrected chi connectivity index (χ4v) is 4.05. The van der Waals surface area contributed by atoms with Crippen LogP contribution in [0, 0.1) is 5.92 Å². The number of hydrogen-bond acceptors (Lipinski definition) is 5. The number of para-hydroxylation sites is 2. The lowest BCUT2D eigenvalue weighted by atomic mass is 9.97. The number of benzene rings is 2. The van der Waals surface area contributed by atoms with Crippen LogP contribution in [-0.2, 0) is 11.3 Å². The number of nitrogens with one attached hydrogen (secondary N) is 1. The Morgan fingerprint density at radius 1 is 1.17 bits per heavy atom. The molecule has 2 aromatic rings. The van der Waals surface area contributed by atoms with Crippen molar-refractivity contribution in [2.75, 3.05) is 39.6 Å². The lowest BCUT2D eigenvalue weighted by Crippen LogP contribution is -2.41. The van der Waals surface area contributed by atoms with Gasteiger partial charge in [-0.15, -0.1) is 11.8 Å². The molecule has 3 rings (SSSR count). The summed E-state index contributed by atoms with van der Waals surface area (Å²) in [5.74, 6) is 1.60. The Bertz CT molecular complexity index is 782. The summed E-state index contributed by atoms with van der Waals surface area (Å²) < 4.78 is 10.8. The largest absolute Gasteiger partial charge is 0.493 e. The van der Waals surface area contributed by atoms with Crippen molar-refractivity contribution >= 4 is 17.7 Å². The van der Waals surface area contributed by atoms with E-state index in [0.717, 1.165) is 26.1 Å². The first-order chi connectivity index (χ1) is 14.2. The molecule has 0 bridgehead atoms. The van der Waals surface area contributed by atoms with Crippen LogP contribution in [0.5, 0.6) is 11.5 Å². The van der Waals surface area contributed by atoms with Crippen LogP contribution >= 0.6 is 11.8 Å². The third kappa shape index (κ3) is 6.68. The molecule has 1 saturated heterocycles. The zero-order valence-electron chi connectivity index (χ0n) is 17.2. The highest BCUT2D eigenvalue weighted by Crippen LogP contribution is 2.25. The van der Waals surface area contributed by atoms with Gasteiger partial charge in [-0.1, -0.05) is 24.3 Å². The van der Waals surface area contributed by atoms with Crippen molar-refractivity contribution in [2.24, 2.45) is 5.92 Å². The molecule has 29 heavy (non-hydrogen) atoms. The van der Waals surface area contributed by atoms with E-state index in [1.165, 1.54) is 16.9 Å². The number of carbonyl (C=O) groups excluding carboxylic acids is 1. The molecule has 1 aliphatic heterocycles. The van der Waals surface area contributed by atoms with Gasteiger partial charge in [0.25, 0.3) is 5.91 Å². The molecule has 1 amide bonds.